The summed E-state index contributed by atoms with van der Waals surface area (Å²) < 4.78 is 7.79. The molecule has 136 valence electrons. The number of rotatable bonds is 5. The molecular formula is C19H29N5O. The van der Waals surface area contributed by atoms with E-state index in [1.54, 1.807) is 0 Å². The van der Waals surface area contributed by atoms with Gasteiger partial charge in [0.2, 0.25) is 5.89 Å². The van der Waals surface area contributed by atoms with Gasteiger partial charge in [-0.05, 0) is 32.6 Å². The van der Waals surface area contributed by atoms with Crippen molar-refractivity contribution < 1.29 is 4.52 Å². The minimum absolute atomic E-state index is 0.0763. The van der Waals surface area contributed by atoms with Crippen LogP contribution in [0.2, 0.25) is 0 Å². The highest BCUT2D eigenvalue weighted by Crippen LogP contribution is 2.38. The minimum Gasteiger partial charge on any atom is -0.338 e. The molecule has 1 fully saturated rings. The maximum Gasteiger partial charge on any atom is 0.243 e. The van der Waals surface area contributed by atoms with Gasteiger partial charge in [0.1, 0.15) is 5.82 Å². The Morgan fingerprint density at radius 2 is 2.08 bits per heavy atom. The van der Waals surface area contributed by atoms with Gasteiger partial charge in [-0.2, -0.15) is 4.98 Å². The fourth-order valence-electron chi connectivity index (χ4n) is 3.46. The number of hydrogen-bond acceptors (Lipinski definition) is 5. The molecular weight excluding hydrogens is 314 g/mol. The van der Waals surface area contributed by atoms with Crippen molar-refractivity contribution in [2.24, 2.45) is 0 Å². The highest BCUT2D eigenvalue weighted by atomic mass is 16.5. The summed E-state index contributed by atoms with van der Waals surface area (Å²) in [4.78, 5) is 9.52. The van der Waals surface area contributed by atoms with Crippen LogP contribution in [0, 0.1) is 0 Å². The first-order valence-corrected chi connectivity index (χ1v) is 9.56. The first-order chi connectivity index (χ1) is 11.9. The summed E-state index contributed by atoms with van der Waals surface area (Å²) >= 11 is 0. The lowest BCUT2D eigenvalue weighted by Crippen LogP contribution is -2.28. The first kappa shape index (κ1) is 16.8. The van der Waals surface area contributed by atoms with Gasteiger partial charge < -0.3 is 14.4 Å². The van der Waals surface area contributed by atoms with Gasteiger partial charge in [-0.15, -0.1) is 0 Å². The summed E-state index contributed by atoms with van der Waals surface area (Å²) in [5, 5.41) is 7.70. The molecule has 1 aliphatic carbocycles. The van der Waals surface area contributed by atoms with Gasteiger partial charge in [-0.3, -0.25) is 0 Å². The predicted octanol–water partition coefficient (Wildman–Crippen LogP) is 3.67. The average Bonchev–Trinajstić information content (AvgIpc) is 3.12. The van der Waals surface area contributed by atoms with E-state index in [0.29, 0.717) is 17.7 Å². The highest BCUT2D eigenvalue weighted by molar-refractivity contribution is 5.17. The molecule has 2 aliphatic rings. The third kappa shape index (κ3) is 3.50. The molecule has 1 saturated carbocycles. The summed E-state index contributed by atoms with van der Waals surface area (Å²) in [6.45, 7) is 10.7. The van der Waals surface area contributed by atoms with Crippen LogP contribution in [0.4, 0.5) is 0 Å². The maximum absolute atomic E-state index is 5.44. The van der Waals surface area contributed by atoms with Crippen molar-refractivity contribution in [2.75, 3.05) is 6.54 Å². The third-order valence-electron chi connectivity index (χ3n) is 5.33. The Labute approximate surface area is 149 Å². The Hall–Kier alpha value is -1.69. The highest BCUT2D eigenvalue weighted by Gasteiger charge is 2.30. The fraction of sp³-hybridized carbons (Fsp3) is 0.737. The summed E-state index contributed by atoms with van der Waals surface area (Å²) in [6, 6.07) is 0.0763. The molecule has 2 aromatic rings. The lowest BCUT2D eigenvalue weighted by molar-refractivity contribution is 0.326. The van der Waals surface area contributed by atoms with Gasteiger partial charge in [-0.25, -0.2) is 4.98 Å². The Bertz CT molecular complexity index is 737. The van der Waals surface area contributed by atoms with Crippen LogP contribution in [0.15, 0.2) is 10.7 Å². The molecule has 3 heterocycles. The lowest BCUT2D eigenvalue weighted by Gasteiger charge is -2.24. The second kappa shape index (κ2) is 6.24. The van der Waals surface area contributed by atoms with Crippen molar-refractivity contribution >= 4 is 0 Å². The second-order valence-electron chi connectivity index (χ2n) is 8.66. The van der Waals surface area contributed by atoms with Crippen molar-refractivity contribution in [2.45, 2.75) is 83.2 Å². The Morgan fingerprint density at radius 1 is 1.28 bits per heavy atom. The zero-order chi connectivity index (χ0) is 17.6. The average molecular weight is 343 g/mol. The summed E-state index contributed by atoms with van der Waals surface area (Å²) in [7, 11) is 0. The van der Waals surface area contributed by atoms with Crippen LogP contribution in [0.1, 0.15) is 94.5 Å². The number of aryl methyl sites for hydroxylation is 1. The van der Waals surface area contributed by atoms with Crippen LogP contribution < -0.4 is 5.32 Å². The Balaban J connectivity index is 1.42. The van der Waals surface area contributed by atoms with Crippen molar-refractivity contribution in [3.63, 3.8) is 0 Å². The molecule has 0 bridgehead atoms. The Morgan fingerprint density at radius 3 is 2.80 bits per heavy atom. The van der Waals surface area contributed by atoms with E-state index in [-0.39, 0.29) is 11.5 Å². The van der Waals surface area contributed by atoms with Crippen LogP contribution in [-0.4, -0.2) is 26.2 Å². The maximum atomic E-state index is 5.44. The topological polar surface area (TPSA) is 68.8 Å². The standard InChI is InChI=1S/C19H29N5O/c1-12(18-22-16(23-25-18)13-7-8-13)20-10-14-6-5-9-24-11-15(19(2,3)4)21-17(14)24/h11-14,20H,5-10H2,1-4H3/t12-,14+/m1/s1. The van der Waals surface area contributed by atoms with E-state index in [0.717, 1.165) is 18.9 Å². The van der Waals surface area contributed by atoms with Crippen molar-refractivity contribution in [1.29, 1.82) is 0 Å². The fourth-order valence-corrected chi connectivity index (χ4v) is 3.46. The van der Waals surface area contributed by atoms with E-state index in [2.05, 4.69) is 53.9 Å². The molecule has 1 N–H and O–H groups in total. The number of imidazole rings is 1. The molecule has 0 saturated heterocycles. The molecule has 0 unspecified atom stereocenters. The minimum atomic E-state index is 0.0763. The van der Waals surface area contributed by atoms with E-state index in [1.807, 2.05) is 0 Å². The van der Waals surface area contributed by atoms with Gasteiger partial charge in [0.05, 0.1) is 11.7 Å². The zero-order valence-corrected chi connectivity index (χ0v) is 15.7. The molecule has 2 aromatic heterocycles. The number of fused-ring (bicyclic) bond motifs is 1. The molecule has 0 spiro atoms. The zero-order valence-electron chi connectivity index (χ0n) is 15.7. The molecule has 6 nitrogen and oxygen atoms in total. The van der Waals surface area contributed by atoms with Crippen LogP contribution in [0.25, 0.3) is 0 Å². The number of aromatic nitrogens is 4. The molecule has 6 heteroatoms. The van der Waals surface area contributed by atoms with Crippen LogP contribution >= 0.6 is 0 Å². The van der Waals surface area contributed by atoms with Crippen LogP contribution in [-0.2, 0) is 12.0 Å². The second-order valence-corrected chi connectivity index (χ2v) is 8.66. The van der Waals surface area contributed by atoms with Gasteiger partial charge in [0.15, 0.2) is 5.82 Å². The number of nitrogens with one attached hydrogen (secondary N) is 1. The van der Waals surface area contributed by atoms with Gasteiger partial charge in [0, 0.05) is 36.5 Å². The summed E-state index contributed by atoms with van der Waals surface area (Å²) in [6.07, 6.45) is 7.02. The molecule has 0 radical (unpaired) electrons. The number of hydrogen-bond donors (Lipinski definition) is 1. The molecule has 1 aliphatic heterocycles. The van der Waals surface area contributed by atoms with E-state index >= 15 is 0 Å². The van der Waals surface area contributed by atoms with Crippen molar-refractivity contribution in [3.8, 4) is 0 Å². The molecule has 4 rings (SSSR count). The molecule has 0 aromatic carbocycles. The molecule has 2 atom stereocenters. The van der Waals surface area contributed by atoms with E-state index < -0.39 is 0 Å². The number of nitrogens with zero attached hydrogens (tertiary/aromatic N) is 4. The van der Waals surface area contributed by atoms with Crippen LogP contribution in [0.5, 0.6) is 0 Å². The van der Waals surface area contributed by atoms with Gasteiger partial charge >= 0.3 is 0 Å². The smallest absolute Gasteiger partial charge is 0.243 e. The normalized spacial score (nSPS) is 22.0. The summed E-state index contributed by atoms with van der Waals surface area (Å²) in [5.74, 6) is 3.78. The van der Waals surface area contributed by atoms with Crippen molar-refractivity contribution in [1.82, 2.24) is 25.0 Å². The predicted molar refractivity (Wildman–Crippen MR) is 95.6 cm³/mol. The van der Waals surface area contributed by atoms with E-state index in [4.69, 9.17) is 9.51 Å². The lowest BCUT2D eigenvalue weighted by atomic mass is 9.93. The van der Waals surface area contributed by atoms with E-state index in [9.17, 15) is 0 Å². The third-order valence-corrected chi connectivity index (χ3v) is 5.33. The quantitative estimate of drug-likeness (QED) is 0.897. The van der Waals surface area contributed by atoms with E-state index in [1.165, 1.54) is 37.2 Å². The summed E-state index contributed by atoms with van der Waals surface area (Å²) in [5.41, 5.74) is 1.28. The SMILES string of the molecule is C[C@@H](NC[C@@H]1CCCn2cc(C(C)(C)C)nc21)c1nc(C2CC2)no1. The van der Waals surface area contributed by atoms with Gasteiger partial charge in [-0.1, -0.05) is 25.9 Å². The molecule has 0 amide bonds. The largest absolute Gasteiger partial charge is 0.338 e. The van der Waals surface area contributed by atoms with Gasteiger partial charge in [0.25, 0.3) is 0 Å². The van der Waals surface area contributed by atoms with Crippen LogP contribution in [0.3, 0.4) is 0 Å². The van der Waals surface area contributed by atoms with Crippen molar-refractivity contribution in [3.05, 3.63) is 29.4 Å². The first-order valence-electron chi connectivity index (χ1n) is 9.56. The Kier molecular flexibility index (Phi) is 4.18. The monoisotopic (exact) mass is 343 g/mol. The molecule has 25 heavy (non-hydrogen) atoms.